The number of rotatable bonds is 8. The SMILES string of the molecule is CO[C@H]1[C@@H](OP(=O)(S)C(C)C)[C@@H](CCP(=O)(O)O)O[C@H]1n1ccc(=O)[nH]c1=O. The van der Waals surface area contributed by atoms with Crippen LogP contribution >= 0.6 is 26.4 Å². The third kappa shape index (κ3) is 5.67. The predicted molar refractivity (Wildman–Crippen MR) is 104 cm³/mol. The normalized spacial score (nSPS) is 27.8. The molecule has 0 amide bonds. The molecule has 3 N–H and O–H groups in total. The summed E-state index contributed by atoms with van der Waals surface area (Å²) < 4.78 is 41.9. The maximum absolute atomic E-state index is 12.7. The van der Waals surface area contributed by atoms with Crippen molar-refractivity contribution in [3.8, 4) is 0 Å². The molecule has 5 atom stereocenters. The van der Waals surface area contributed by atoms with E-state index >= 15 is 0 Å². The smallest absolute Gasteiger partial charge is 0.330 e. The van der Waals surface area contributed by atoms with Gasteiger partial charge in [0.05, 0.1) is 12.3 Å². The van der Waals surface area contributed by atoms with Gasteiger partial charge in [-0.15, -0.1) is 0 Å². The van der Waals surface area contributed by atoms with E-state index in [0.29, 0.717) is 0 Å². The van der Waals surface area contributed by atoms with Crippen molar-refractivity contribution in [3.63, 3.8) is 0 Å². The van der Waals surface area contributed by atoms with Crippen LogP contribution in [0.3, 0.4) is 0 Å². The van der Waals surface area contributed by atoms with Crippen molar-refractivity contribution >= 4 is 26.4 Å². The summed E-state index contributed by atoms with van der Waals surface area (Å²) in [6.07, 6.45) is -3.36. The third-order valence-corrected chi connectivity index (χ3v) is 8.67. The summed E-state index contributed by atoms with van der Waals surface area (Å²) in [6.45, 7) is -0.103. The summed E-state index contributed by atoms with van der Waals surface area (Å²) in [7, 11) is -3.00. The van der Waals surface area contributed by atoms with Crippen LogP contribution < -0.4 is 11.2 Å². The molecule has 1 saturated heterocycles. The molecule has 2 heterocycles. The van der Waals surface area contributed by atoms with E-state index in [1.54, 1.807) is 13.8 Å². The second-order valence-electron chi connectivity index (χ2n) is 6.69. The Morgan fingerprint density at radius 1 is 1.32 bits per heavy atom. The van der Waals surface area contributed by atoms with Gasteiger partial charge in [-0.1, -0.05) is 26.1 Å². The number of methoxy groups -OCH3 is 1. The number of aromatic amines is 1. The number of nitrogens with zero attached hydrogens (tertiary/aromatic N) is 1. The van der Waals surface area contributed by atoms with Gasteiger partial charge in [0.15, 0.2) is 6.23 Å². The lowest BCUT2D eigenvalue weighted by molar-refractivity contribution is -0.0537. The average Bonchev–Trinajstić information content (AvgIpc) is 2.88. The summed E-state index contributed by atoms with van der Waals surface area (Å²) in [6, 6.07) is 1.12. The van der Waals surface area contributed by atoms with E-state index in [9.17, 15) is 28.5 Å². The quantitative estimate of drug-likeness (QED) is 0.329. The van der Waals surface area contributed by atoms with Gasteiger partial charge in [0.1, 0.15) is 12.2 Å². The summed E-state index contributed by atoms with van der Waals surface area (Å²) in [4.78, 5) is 43.9. The van der Waals surface area contributed by atoms with Crippen LogP contribution in [0.4, 0.5) is 0 Å². The molecule has 2 rings (SSSR count). The van der Waals surface area contributed by atoms with E-state index in [2.05, 4.69) is 17.2 Å². The molecule has 14 heteroatoms. The number of ether oxygens (including phenoxy) is 2. The Morgan fingerprint density at radius 3 is 2.46 bits per heavy atom. The van der Waals surface area contributed by atoms with Gasteiger partial charge in [-0.25, -0.2) is 4.79 Å². The molecular weight excluding hydrogens is 434 g/mol. The first-order valence-electron chi connectivity index (χ1n) is 8.41. The Kier molecular flexibility index (Phi) is 7.55. The van der Waals surface area contributed by atoms with E-state index in [4.69, 9.17) is 14.0 Å². The van der Waals surface area contributed by atoms with Crippen LogP contribution in [0.2, 0.25) is 0 Å². The van der Waals surface area contributed by atoms with Gasteiger partial charge in [0, 0.05) is 25.0 Å². The largest absolute Gasteiger partial charge is 0.374 e. The Hall–Kier alpha value is -0.710. The van der Waals surface area contributed by atoms with Gasteiger partial charge in [-0.05, 0) is 6.42 Å². The molecule has 0 spiro atoms. The maximum atomic E-state index is 12.7. The fourth-order valence-corrected chi connectivity index (χ4v) is 4.53. The zero-order valence-corrected chi connectivity index (χ0v) is 18.2. The van der Waals surface area contributed by atoms with Crippen molar-refractivity contribution in [2.24, 2.45) is 0 Å². The standard InChI is InChI=1S/C14H24N2O9P2S/c1-8(2)27(22,28)25-11-9(5-7-26(19,20)21)24-13(12(11)23-3)16-6-4-10(17)15-14(16)18/h4,6,8-9,11-13H,5,7H2,1-3H3,(H,22,28)(H,15,17,18)(H2,19,20,21)/t9-,11+,12+,13-,27?/m1/s1. The fourth-order valence-electron chi connectivity index (χ4n) is 2.76. The molecule has 11 nitrogen and oxygen atoms in total. The molecule has 1 aromatic heterocycles. The molecular formula is C14H24N2O9P2S. The molecule has 0 radical (unpaired) electrons. The Bertz CT molecular complexity index is 895. The molecule has 28 heavy (non-hydrogen) atoms. The number of hydrogen-bond donors (Lipinski definition) is 4. The molecule has 160 valence electrons. The first kappa shape index (κ1) is 23.6. The van der Waals surface area contributed by atoms with Gasteiger partial charge in [0.25, 0.3) is 12.1 Å². The monoisotopic (exact) mass is 458 g/mol. The summed E-state index contributed by atoms with van der Waals surface area (Å²) in [5, 5.41) is 0. The zero-order chi connectivity index (χ0) is 21.3. The van der Waals surface area contributed by atoms with Crippen LogP contribution in [-0.4, -0.2) is 56.6 Å². The highest BCUT2D eigenvalue weighted by molar-refractivity contribution is 8.46. The van der Waals surface area contributed by atoms with Crippen LogP contribution in [-0.2, 0) is 23.1 Å². The molecule has 1 unspecified atom stereocenters. The Morgan fingerprint density at radius 2 is 1.96 bits per heavy atom. The lowest BCUT2D eigenvalue weighted by Crippen LogP contribution is -2.39. The minimum atomic E-state index is -4.33. The molecule has 0 bridgehead atoms. The van der Waals surface area contributed by atoms with Gasteiger partial charge < -0.3 is 23.8 Å². The van der Waals surface area contributed by atoms with Crippen LogP contribution in [0.15, 0.2) is 21.9 Å². The van der Waals surface area contributed by atoms with Gasteiger partial charge >= 0.3 is 13.3 Å². The van der Waals surface area contributed by atoms with E-state index in [1.807, 2.05) is 0 Å². The molecule has 1 fully saturated rings. The molecule has 1 aliphatic heterocycles. The molecule has 0 aliphatic carbocycles. The second-order valence-corrected chi connectivity index (χ2v) is 12.5. The Balaban J connectivity index is 2.41. The van der Waals surface area contributed by atoms with E-state index in [0.717, 1.165) is 10.6 Å². The van der Waals surface area contributed by atoms with E-state index in [-0.39, 0.29) is 6.42 Å². The highest BCUT2D eigenvalue weighted by atomic mass is 32.7. The number of thiol groups is 1. The van der Waals surface area contributed by atoms with E-state index in [1.165, 1.54) is 13.3 Å². The van der Waals surface area contributed by atoms with Crippen LogP contribution in [0.25, 0.3) is 0 Å². The van der Waals surface area contributed by atoms with Crippen molar-refractivity contribution < 1.29 is 32.9 Å². The molecule has 0 saturated carbocycles. The van der Waals surface area contributed by atoms with Crippen LogP contribution in [0.5, 0.6) is 0 Å². The predicted octanol–water partition coefficient (Wildman–Crippen LogP) is 0.933. The second kappa shape index (κ2) is 8.97. The minimum absolute atomic E-state index is 0.130. The Labute approximate surface area is 166 Å². The number of aromatic nitrogens is 2. The molecule has 1 aromatic rings. The highest BCUT2D eigenvalue weighted by Crippen LogP contribution is 2.59. The van der Waals surface area contributed by atoms with Crippen molar-refractivity contribution in [1.29, 1.82) is 0 Å². The average molecular weight is 458 g/mol. The third-order valence-electron chi connectivity index (χ3n) is 4.31. The van der Waals surface area contributed by atoms with Crippen molar-refractivity contribution in [3.05, 3.63) is 33.1 Å². The summed E-state index contributed by atoms with van der Waals surface area (Å²) >= 11 is 4.11. The first-order valence-corrected chi connectivity index (χ1v) is 13.1. The van der Waals surface area contributed by atoms with Crippen molar-refractivity contribution in [2.45, 2.75) is 50.5 Å². The minimum Gasteiger partial charge on any atom is -0.374 e. The lowest BCUT2D eigenvalue weighted by atomic mass is 10.1. The fraction of sp³-hybridized carbons (Fsp3) is 0.714. The van der Waals surface area contributed by atoms with Crippen molar-refractivity contribution in [1.82, 2.24) is 9.55 Å². The number of hydrogen-bond acceptors (Lipinski definition) is 7. The van der Waals surface area contributed by atoms with Crippen LogP contribution in [0, 0.1) is 0 Å². The van der Waals surface area contributed by atoms with Gasteiger partial charge in [-0.2, -0.15) is 0 Å². The summed E-state index contributed by atoms with van der Waals surface area (Å²) in [5.41, 5.74) is -1.80. The molecule has 0 aromatic carbocycles. The lowest BCUT2D eigenvalue weighted by Gasteiger charge is -2.27. The zero-order valence-electron chi connectivity index (χ0n) is 15.5. The summed E-state index contributed by atoms with van der Waals surface area (Å²) in [5.74, 6) is 0. The van der Waals surface area contributed by atoms with Gasteiger partial charge in [-0.3, -0.25) is 23.5 Å². The maximum Gasteiger partial charge on any atom is 0.330 e. The van der Waals surface area contributed by atoms with Crippen molar-refractivity contribution in [2.75, 3.05) is 13.3 Å². The highest BCUT2D eigenvalue weighted by Gasteiger charge is 2.50. The number of H-pyrrole nitrogens is 1. The molecule has 1 aliphatic rings. The first-order chi connectivity index (χ1) is 12.9. The van der Waals surface area contributed by atoms with Gasteiger partial charge in [0.2, 0.25) is 0 Å². The topological polar surface area (TPSA) is 157 Å². The van der Waals surface area contributed by atoms with E-state index < -0.39 is 61.8 Å². The number of nitrogens with one attached hydrogen (secondary N) is 1. The van der Waals surface area contributed by atoms with Crippen LogP contribution in [0.1, 0.15) is 26.5 Å².